The molecule has 39 heavy (non-hydrogen) atoms. The molecule has 6 atom stereocenters. The molecule has 1 aliphatic heterocycles. The fourth-order valence-electron chi connectivity index (χ4n) is 3.73. The molecule has 2 aromatic heterocycles. The first kappa shape index (κ1) is 28.9. The number of nitrogens with one attached hydrogen (secondary N) is 2. The molecule has 0 aliphatic carbocycles. The van der Waals surface area contributed by atoms with E-state index in [9.17, 15) is 19.3 Å². The number of carbonyl (C=O) groups excluding carboxylic acids is 1. The van der Waals surface area contributed by atoms with Gasteiger partial charge in [-0.1, -0.05) is 29.8 Å². The van der Waals surface area contributed by atoms with Gasteiger partial charge >= 0.3 is 13.7 Å². The van der Waals surface area contributed by atoms with E-state index in [-0.39, 0.29) is 22.9 Å². The van der Waals surface area contributed by atoms with Gasteiger partial charge in [-0.25, -0.2) is 13.9 Å². The van der Waals surface area contributed by atoms with Gasteiger partial charge in [0.05, 0.1) is 19.0 Å². The number of hydrogen-bond acceptors (Lipinski definition) is 11. The van der Waals surface area contributed by atoms with Crippen LogP contribution in [0, 0.1) is 0 Å². The molecule has 4 rings (SSSR count). The fraction of sp³-hybridized carbons (Fsp3) is 0.455. The van der Waals surface area contributed by atoms with E-state index in [1.807, 2.05) is 0 Å². The zero-order valence-corrected chi connectivity index (χ0v) is 22.6. The second-order valence-corrected chi connectivity index (χ2v) is 11.2. The molecule has 0 spiro atoms. The van der Waals surface area contributed by atoms with E-state index in [1.54, 1.807) is 32.0 Å². The number of para-hydroxylation sites is 1. The molecule has 1 fully saturated rings. The Kier molecular flexibility index (Phi) is 8.30. The Morgan fingerprint density at radius 1 is 1.38 bits per heavy atom. The number of aliphatic hydroxyl groups excluding tert-OH is 1. The number of esters is 1. The van der Waals surface area contributed by atoms with Crippen molar-refractivity contribution in [2.75, 3.05) is 12.3 Å². The third-order valence-corrected chi connectivity index (χ3v) is 7.57. The van der Waals surface area contributed by atoms with Gasteiger partial charge in [-0.2, -0.15) is 10.1 Å². The summed E-state index contributed by atoms with van der Waals surface area (Å²) in [7, 11) is -4.35. The highest BCUT2D eigenvalue weighted by Gasteiger charge is 2.58. The Morgan fingerprint density at radius 3 is 2.74 bits per heavy atom. The molecule has 0 bridgehead atoms. The van der Waals surface area contributed by atoms with E-state index in [4.69, 9.17) is 35.9 Å². The lowest BCUT2D eigenvalue weighted by Crippen LogP contribution is -2.40. The van der Waals surface area contributed by atoms with Crippen molar-refractivity contribution in [1.82, 2.24) is 24.6 Å². The number of rotatable bonds is 10. The summed E-state index contributed by atoms with van der Waals surface area (Å²) in [6.07, 6.45) is -4.60. The van der Waals surface area contributed by atoms with Crippen LogP contribution >= 0.6 is 19.3 Å². The lowest BCUT2D eigenvalue weighted by atomic mass is 10.1. The second-order valence-electron chi connectivity index (χ2n) is 8.96. The number of nitrogen functional groups attached to an aromatic ring is 1. The lowest BCUT2D eigenvalue weighted by Gasteiger charge is -2.25. The zero-order valence-electron chi connectivity index (χ0n) is 21.0. The van der Waals surface area contributed by atoms with Crippen molar-refractivity contribution in [3.05, 3.63) is 47.0 Å². The predicted octanol–water partition coefficient (Wildman–Crippen LogP) is 2.00. The number of hydrogen-bond donors (Lipinski definition) is 4. The molecular weight excluding hydrogens is 562 g/mol. The molecule has 0 saturated carbocycles. The van der Waals surface area contributed by atoms with Crippen LogP contribution in [-0.2, 0) is 23.4 Å². The highest BCUT2D eigenvalue weighted by molar-refractivity contribution is 7.52. The Balaban J connectivity index is 1.56. The van der Waals surface area contributed by atoms with E-state index in [1.165, 1.54) is 19.1 Å². The molecule has 0 radical (unpaired) electrons. The Labute approximate surface area is 226 Å². The van der Waals surface area contributed by atoms with E-state index < -0.39 is 61.6 Å². The van der Waals surface area contributed by atoms with E-state index in [0.29, 0.717) is 0 Å². The van der Waals surface area contributed by atoms with Gasteiger partial charge in [0.2, 0.25) is 5.95 Å². The Morgan fingerprint density at radius 2 is 2.08 bits per heavy atom. The standard InChI is InChI=1S/C22H27ClFN6O8P/c1-11(2)36-19(33)12(3)29-39(34,38-13-7-5-4-6-8-13)35-9-14-16(31)22(23,24)20(37-14)30-10-26-15-17(30)27-21(25)28-18(15)32/h4-8,10-12,14,16,20,31H,9H2,1-3H3,(H,29,34)(H3,25,27,28,32)/t12?,14-,16-,20-,22+,39?/m1/s1. The van der Waals surface area contributed by atoms with Crippen molar-refractivity contribution in [2.45, 2.75) is 56.5 Å². The van der Waals surface area contributed by atoms with Gasteiger partial charge in [-0.15, -0.1) is 0 Å². The van der Waals surface area contributed by atoms with E-state index >= 15 is 4.39 Å². The quantitative estimate of drug-likeness (QED) is 0.153. The number of aromatic nitrogens is 4. The highest BCUT2D eigenvalue weighted by Crippen LogP contribution is 2.49. The van der Waals surface area contributed by atoms with Crippen LogP contribution in [0.4, 0.5) is 10.3 Å². The van der Waals surface area contributed by atoms with Crippen molar-refractivity contribution in [1.29, 1.82) is 0 Å². The van der Waals surface area contributed by atoms with Crippen LogP contribution in [0.5, 0.6) is 5.75 Å². The molecule has 3 aromatic rings. The number of ether oxygens (including phenoxy) is 2. The van der Waals surface area contributed by atoms with E-state index in [0.717, 1.165) is 10.9 Å². The van der Waals surface area contributed by atoms with Crippen LogP contribution in [0.15, 0.2) is 41.5 Å². The maximum absolute atomic E-state index is 15.6. The maximum Gasteiger partial charge on any atom is 0.459 e. The number of imidazole rings is 1. The number of anilines is 1. The number of halogens is 2. The SMILES string of the molecule is CC(C)OC(=O)C(C)NP(=O)(OC[C@H]1O[C@@H](n2cnc3c(=O)[nH]c(N)nc32)[C@](F)(Cl)[C@@H]1O)Oc1ccccc1. The molecule has 17 heteroatoms. The minimum atomic E-state index is -4.35. The molecule has 1 saturated heterocycles. The van der Waals surface area contributed by atoms with Gasteiger partial charge in [-0.3, -0.25) is 23.7 Å². The third kappa shape index (κ3) is 6.24. The normalized spacial score (nSPS) is 25.5. The number of nitrogens with zero attached hydrogens (tertiary/aromatic N) is 3. The summed E-state index contributed by atoms with van der Waals surface area (Å²) < 4.78 is 52.0. The number of alkyl halides is 2. The number of aromatic amines is 1. The van der Waals surface area contributed by atoms with Crippen LogP contribution in [-0.4, -0.2) is 66.7 Å². The van der Waals surface area contributed by atoms with Crippen LogP contribution in [0.1, 0.15) is 27.0 Å². The molecule has 5 N–H and O–H groups in total. The van der Waals surface area contributed by atoms with E-state index in [2.05, 4.69) is 20.0 Å². The number of H-pyrrole nitrogens is 1. The topological polar surface area (TPSA) is 193 Å². The molecule has 0 amide bonds. The Hall–Kier alpha value is -3.07. The maximum atomic E-state index is 15.6. The highest BCUT2D eigenvalue weighted by atomic mass is 35.5. The zero-order chi connectivity index (χ0) is 28.5. The summed E-state index contributed by atoms with van der Waals surface area (Å²) in [5.41, 5.74) is 4.60. The first-order valence-electron chi connectivity index (χ1n) is 11.7. The second kappa shape index (κ2) is 11.2. The summed E-state index contributed by atoms with van der Waals surface area (Å²) in [6, 6.07) is 6.82. The van der Waals surface area contributed by atoms with Gasteiger partial charge in [0.1, 0.15) is 24.0 Å². The van der Waals surface area contributed by atoms with Gasteiger partial charge < -0.3 is 24.8 Å². The fourth-order valence-corrected chi connectivity index (χ4v) is 5.53. The number of nitrogens with two attached hydrogens (primary N) is 1. The molecule has 2 unspecified atom stereocenters. The summed E-state index contributed by atoms with van der Waals surface area (Å²) >= 11 is 6.04. The van der Waals surface area contributed by atoms with Crippen LogP contribution < -0.4 is 20.9 Å². The molecule has 212 valence electrons. The number of aliphatic hydroxyl groups is 1. The van der Waals surface area contributed by atoms with Crippen molar-refractivity contribution >= 4 is 42.4 Å². The average Bonchev–Trinajstić information content (AvgIpc) is 3.36. The van der Waals surface area contributed by atoms with Gasteiger partial charge in [0.15, 0.2) is 17.4 Å². The first-order valence-corrected chi connectivity index (χ1v) is 13.6. The third-order valence-electron chi connectivity index (χ3n) is 5.52. The predicted molar refractivity (Wildman–Crippen MR) is 137 cm³/mol. The smallest absolute Gasteiger partial charge is 0.459 e. The number of benzene rings is 1. The molecule has 1 aromatic carbocycles. The van der Waals surface area contributed by atoms with Crippen LogP contribution in [0.2, 0.25) is 0 Å². The summed E-state index contributed by atoms with van der Waals surface area (Å²) in [5.74, 6) is -0.846. The Bertz CT molecular complexity index is 1440. The largest absolute Gasteiger partial charge is 0.462 e. The van der Waals surface area contributed by atoms with Gasteiger partial charge in [-0.05, 0) is 32.9 Å². The van der Waals surface area contributed by atoms with Crippen LogP contribution in [0.3, 0.4) is 0 Å². The average molecular weight is 589 g/mol. The molecule has 14 nitrogen and oxygen atoms in total. The van der Waals surface area contributed by atoms with Crippen molar-refractivity contribution in [3.63, 3.8) is 0 Å². The lowest BCUT2D eigenvalue weighted by molar-refractivity contribution is -0.149. The van der Waals surface area contributed by atoms with Crippen LogP contribution in [0.25, 0.3) is 11.2 Å². The van der Waals surface area contributed by atoms with Gasteiger partial charge in [0.25, 0.3) is 10.7 Å². The molecule has 3 heterocycles. The summed E-state index contributed by atoms with van der Waals surface area (Å²) in [4.78, 5) is 34.5. The van der Waals surface area contributed by atoms with Crippen molar-refractivity contribution in [3.8, 4) is 5.75 Å². The number of fused-ring (bicyclic) bond motifs is 1. The first-order chi connectivity index (χ1) is 18.3. The summed E-state index contributed by atoms with van der Waals surface area (Å²) in [5, 5.41) is 10.2. The number of carbonyl (C=O) groups is 1. The van der Waals surface area contributed by atoms with Crippen molar-refractivity contribution < 1.29 is 37.4 Å². The monoisotopic (exact) mass is 588 g/mol. The minimum absolute atomic E-state index is 0.138. The molecular formula is C22H27ClFN6O8P. The summed E-state index contributed by atoms with van der Waals surface area (Å²) in [6.45, 7) is 3.99. The minimum Gasteiger partial charge on any atom is -0.462 e. The molecule has 1 aliphatic rings. The van der Waals surface area contributed by atoms with Crippen molar-refractivity contribution in [2.24, 2.45) is 0 Å². The van der Waals surface area contributed by atoms with Gasteiger partial charge in [0, 0.05) is 0 Å².